The number of nitrogens with one attached hydrogen (secondary N) is 1. The second kappa shape index (κ2) is 14.2. The molecule has 1 aliphatic heterocycles. The van der Waals surface area contributed by atoms with Crippen LogP contribution in [-0.4, -0.2) is 53.5 Å². The maximum Gasteiger partial charge on any atom is 0.234 e. The standard InChI is InChI=1S/C35H32N10.C2H6/c1-23-4-2-5-25(20-23)29-11-12-30-35(41-29)45(34(42-30)28-6-3-16-39-33(28)37)27-9-7-24(8-10-27)22-44-18-14-26(15-19-44)40-31-13-17-38-32(21-36)43-31;1-2/h2-13,16-17,20,26H,14-15,18-19,22H2,1H3,(H2,37,39)(H,38,40,43);1-2H3. The molecule has 10 heteroatoms. The predicted molar refractivity (Wildman–Crippen MR) is 187 cm³/mol. The van der Waals surface area contributed by atoms with Gasteiger partial charge in [0.15, 0.2) is 11.5 Å². The molecule has 3 N–H and O–H groups in total. The monoisotopic (exact) mass is 622 g/mol. The van der Waals surface area contributed by atoms with Gasteiger partial charge in [-0.15, -0.1) is 0 Å². The largest absolute Gasteiger partial charge is 0.383 e. The van der Waals surface area contributed by atoms with E-state index in [9.17, 15) is 0 Å². The van der Waals surface area contributed by atoms with E-state index >= 15 is 0 Å². The van der Waals surface area contributed by atoms with Crippen molar-refractivity contribution in [2.45, 2.75) is 46.2 Å². The number of aryl methyl sites for hydroxylation is 1. The quantitative estimate of drug-likeness (QED) is 0.197. The van der Waals surface area contributed by atoms with Gasteiger partial charge in [0, 0.05) is 49.3 Å². The van der Waals surface area contributed by atoms with Crippen LogP contribution < -0.4 is 11.1 Å². The van der Waals surface area contributed by atoms with Crippen LogP contribution in [0.3, 0.4) is 0 Å². The number of nitrogens with two attached hydrogens (primary N) is 1. The Morgan fingerprint density at radius 3 is 2.45 bits per heavy atom. The number of aromatic nitrogens is 6. The van der Waals surface area contributed by atoms with E-state index in [1.165, 1.54) is 11.1 Å². The molecule has 0 saturated carbocycles. The number of fused-ring (bicyclic) bond motifs is 1. The Morgan fingerprint density at radius 1 is 0.894 bits per heavy atom. The molecule has 0 radical (unpaired) electrons. The Morgan fingerprint density at radius 2 is 1.70 bits per heavy atom. The number of hydrogen-bond donors (Lipinski definition) is 2. The summed E-state index contributed by atoms with van der Waals surface area (Å²) in [5.41, 5.74) is 14.0. The first-order valence-corrected chi connectivity index (χ1v) is 16.0. The Labute approximate surface area is 275 Å². The third-order valence-electron chi connectivity index (χ3n) is 8.19. The van der Waals surface area contributed by atoms with Gasteiger partial charge < -0.3 is 11.1 Å². The van der Waals surface area contributed by atoms with Crippen LogP contribution in [0, 0.1) is 18.3 Å². The zero-order valence-corrected chi connectivity index (χ0v) is 26.9. The first-order valence-electron chi connectivity index (χ1n) is 16.0. The summed E-state index contributed by atoms with van der Waals surface area (Å²) in [6.07, 6.45) is 5.30. The van der Waals surface area contributed by atoms with Crippen LogP contribution in [0.25, 0.3) is 39.5 Å². The van der Waals surface area contributed by atoms with Gasteiger partial charge in [0.2, 0.25) is 5.82 Å². The number of piperidine rings is 1. The molecule has 7 rings (SSSR count). The molecule has 47 heavy (non-hydrogen) atoms. The van der Waals surface area contributed by atoms with E-state index in [0.29, 0.717) is 23.5 Å². The average molecular weight is 623 g/mol. The number of pyridine rings is 2. The maximum absolute atomic E-state index is 9.07. The van der Waals surface area contributed by atoms with Gasteiger partial charge in [-0.2, -0.15) is 5.26 Å². The summed E-state index contributed by atoms with van der Waals surface area (Å²) >= 11 is 0. The van der Waals surface area contributed by atoms with Gasteiger partial charge in [-0.3, -0.25) is 9.47 Å². The van der Waals surface area contributed by atoms with Crippen molar-refractivity contribution >= 4 is 22.8 Å². The number of nitrogens with zero attached hydrogens (tertiary/aromatic N) is 8. The molecule has 2 aromatic carbocycles. The molecular formula is C37H38N10. The number of anilines is 2. The number of rotatable bonds is 7. The van der Waals surface area contributed by atoms with Crippen molar-refractivity contribution in [3.8, 4) is 34.4 Å². The van der Waals surface area contributed by atoms with Crippen LogP contribution in [0.4, 0.5) is 11.6 Å². The van der Waals surface area contributed by atoms with E-state index in [4.69, 9.17) is 21.0 Å². The van der Waals surface area contributed by atoms with Gasteiger partial charge in [-0.25, -0.2) is 24.9 Å². The van der Waals surface area contributed by atoms with Crippen LogP contribution >= 0.6 is 0 Å². The number of nitrogen functional groups attached to an aromatic ring is 1. The fourth-order valence-corrected chi connectivity index (χ4v) is 5.90. The summed E-state index contributed by atoms with van der Waals surface area (Å²) < 4.78 is 2.08. The molecule has 10 nitrogen and oxygen atoms in total. The molecular weight excluding hydrogens is 584 g/mol. The molecule has 0 aliphatic carbocycles. The molecule has 0 unspecified atom stereocenters. The fraction of sp³-hybridized carbons (Fsp3) is 0.243. The van der Waals surface area contributed by atoms with E-state index in [1.807, 2.05) is 50.2 Å². The second-order valence-corrected chi connectivity index (χ2v) is 11.4. The second-order valence-electron chi connectivity index (χ2n) is 11.4. The van der Waals surface area contributed by atoms with E-state index < -0.39 is 0 Å². The van der Waals surface area contributed by atoms with E-state index in [0.717, 1.165) is 66.1 Å². The topological polar surface area (TPSA) is 134 Å². The summed E-state index contributed by atoms with van der Waals surface area (Å²) in [7, 11) is 0. The van der Waals surface area contributed by atoms with Crippen molar-refractivity contribution in [3.63, 3.8) is 0 Å². The minimum atomic E-state index is 0.183. The summed E-state index contributed by atoms with van der Waals surface area (Å²) in [4.78, 5) is 25.1. The number of likely N-dealkylation sites (tertiary alicyclic amines) is 1. The van der Waals surface area contributed by atoms with Crippen LogP contribution in [-0.2, 0) is 6.54 Å². The molecule has 0 spiro atoms. The van der Waals surface area contributed by atoms with Crippen LogP contribution in [0.1, 0.15) is 43.6 Å². The summed E-state index contributed by atoms with van der Waals surface area (Å²) in [5.74, 6) is 2.02. The van der Waals surface area contributed by atoms with Gasteiger partial charge in [0.1, 0.15) is 23.2 Å². The molecule has 6 aromatic rings. The molecule has 1 saturated heterocycles. The zero-order chi connectivity index (χ0) is 32.8. The van der Waals surface area contributed by atoms with Crippen molar-refractivity contribution in [2.24, 2.45) is 0 Å². The van der Waals surface area contributed by atoms with E-state index in [-0.39, 0.29) is 5.82 Å². The molecule has 0 atom stereocenters. The predicted octanol–water partition coefficient (Wildman–Crippen LogP) is 6.80. The molecule has 0 amide bonds. The first-order chi connectivity index (χ1) is 23.0. The molecule has 236 valence electrons. The van der Waals surface area contributed by atoms with Crippen LogP contribution in [0.2, 0.25) is 0 Å². The lowest BCUT2D eigenvalue weighted by molar-refractivity contribution is 0.211. The summed E-state index contributed by atoms with van der Waals surface area (Å²) in [6, 6.07) is 29.0. The minimum Gasteiger partial charge on any atom is -0.383 e. The smallest absolute Gasteiger partial charge is 0.234 e. The van der Waals surface area contributed by atoms with Crippen LogP contribution in [0.5, 0.6) is 0 Å². The van der Waals surface area contributed by atoms with E-state index in [1.54, 1.807) is 12.4 Å². The average Bonchev–Trinajstić information content (AvgIpc) is 3.49. The van der Waals surface area contributed by atoms with Crippen molar-refractivity contribution in [2.75, 3.05) is 24.1 Å². The zero-order valence-electron chi connectivity index (χ0n) is 26.9. The molecule has 0 bridgehead atoms. The lowest BCUT2D eigenvalue weighted by Gasteiger charge is -2.32. The van der Waals surface area contributed by atoms with Gasteiger partial charge in [0.25, 0.3) is 0 Å². The van der Waals surface area contributed by atoms with Crippen molar-refractivity contribution < 1.29 is 0 Å². The molecule has 1 aliphatic rings. The van der Waals surface area contributed by atoms with Crippen molar-refractivity contribution in [1.82, 2.24) is 34.4 Å². The minimum absolute atomic E-state index is 0.183. The third-order valence-corrected chi connectivity index (χ3v) is 8.19. The Hall–Kier alpha value is -5.66. The van der Waals surface area contributed by atoms with Crippen molar-refractivity contribution in [3.05, 3.63) is 108 Å². The normalized spacial score (nSPS) is 13.5. The summed E-state index contributed by atoms with van der Waals surface area (Å²) in [5, 5.41) is 12.5. The Balaban J connectivity index is 0.00000190. The molecule has 1 fully saturated rings. The SMILES string of the molecule is CC.Cc1cccc(-c2ccc3nc(-c4cccnc4N)n(-c4ccc(CN5CCC(Nc6ccnc(C#N)n6)CC5)cc4)c3n2)c1. The van der Waals surface area contributed by atoms with Crippen LogP contribution in [0.15, 0.2) is 91.3 Å². The highest BCUT2D eigenvalue weighted by atomic mass is 15.2. The van der Waals surface area contributed by atoms with Gasteiger partial charge >= 0.3 is 0 Å². The van der Waals surface area contributed by atoms with Gasteiger partial charge in [-0.05, 0) is 73.9 Å². The highest BCUT2D eigenvalue weighted by molar-refractivity contribution is 5.84. The number of benzene rings is 2. The third kappa shape index (κ3) is 6.95. The highest BCUT2D eigenvalue weighted by Gasteiger charge is 2.21. The first kappa shape index (κ1) is 31.3. The van der Waals surface area contributed by atoms with Crippen molar-refractivity contribution in [1.29, 1.82) is 5.26 Å². The Bertz CT molecular complexity index is 2020. The lowest BCUT2D eigenvalue weighted by Crippen LogP contribution is -2.38. The maximum atomic E-state index is 9.07. The Kier molecular flexibility index (Phi) is 9.46. The molecule has 5 heterocycles. The van der Waals surface area contributed by atoms with Gasteiger partial charge in [0.05, 0.1) is 11.3 Å². The lowest BCUT2D eigenvalue weighted by atomic mass is 10.0. The summed E-state index contributed by atoms with van der Waals surface area (Å²) in [6.45, 7) is 8.89. The number of hydrogen-bond acceptors (Lipinski definition) is 9. The highest BCUT2D eigenvalue weighted by Crippen LogP contribution is 2.32. The number of nitriles is 1. The molecule has 4 aromatic heterocycles. The van der Waals surface area contributed by atoms with E-state index in [2.05, 4.69) is 85.2 Å². The van der Waals surface area contributed by atoms with Gasteiger partial charge in [-0.1, -0.05) is 49.7 Å². The fourth-order valence-electron chi connectivity index (χ4n) is 5.90. The number of imidazole rings is 1.